The Morgan fingerprint density at radius 1 is 1.24 bits per heavy atom. The zero-order valence-corrected chi connectivity index (χ0v) is 25.4. The molecule has 0 fully saturated rings. The van der Waals surface area contributed by atoms with Crippen molar-refractivity contribution in [2.45, 2.75) is 65.0 Å². The highest BCUT2D eigenvalue weighted by atomic mass is 16.6. The molecule has 1 aliphatic carbocycles. The van der Waals surface area contributed by atoms with Gasteiger partial charge >= 0.3 is 6.09 Å². The van der Waals surface area contributed by atoms with Gasteiger partial charge in [0.05, 0.1) is 23.6 Å². The molecule has 0 aromatic carbocycles. The summed E-state index contributed by atoms with van der Waals surface area (Å²) in [6.45, 7) is 15.4. The van der Waals surface area contributed by atoms with E-state index in [1.165, 1.54) is 20.3 Å². The van der Waals surface area contributed by atoms with Crippen LogP contribution in [-0.2, 0) is 23.8 Å². The summed E-state index contributed by atoms with van der Waals surface area (Å²) in [5.41, 5.74) is 7.81. The predicted molar refractivity (Wildman–Crippen MR) is 162 cm³/mol. The molecule has 0 saturated heterocycles. The minimum Gasteiger partial charge on any atom is -0.439 e. The Morgan fingerprint density at radius 3 is 2.52 bits per heavy atom. The highest BCUT2D eigenvalue weighted by Gasteiger charge is 2.33. The Bertz CT molecular complexity index is 1210. The SMILES string of the molecule is C=CCNC1=C2C[C@@H](C)CC(OC)[C@H](O)[C@@H](C)/C=C(\C)[C@H](OC(N)=O)[C@@H](OC)/C=C\C=C(/C)C(=C)NC(=CC1=O)C2=O. The van der Waals surface area contributed by atoms with Crippen LogP contribution in [-0.4, -0.2) is 67.9 Å². The molecule has 0 radical (unpaired) electrons. The maximum absolute atomic E-state index is 13.7. The molecule has 230 valence electrons. The average molecular weight is 584 g/mol. The van der Waals surface area contributed by atoms with Crippen LogP contribution in [0.5, 0.6) is 0 Å². The second-order valence-electron chi connectivity index (χ2n) is 10.8. The standard InChI is InChI=1S/C32H45N3O7/c1-9-13-34-28-23-14-18(2)15-27(41-8)29(37)20(4)16-21(5)31(42-32(33)39)26(40-7)12-10-11-19(3)22(6)35-24(30(23)38)17-25(28)36/h9-12,16-18,20,26-27,29,31,34-35,37H,1,6,13-15H2,2-5,7-8H3,(H2,33,39)/b12-10-,19-11+,21-16+/t18-,20+,26+,27?,29-,31+/m1/s1. The van der Waals surface area contributed by atoms with E-state index in [0.717, 1.165) is 0 Å². The molecule has 2 aliphatic rings. The van der Waals surface area contributed by atoms with Crippen LogP contribution in [0.1, 0.15) is 40.5 Å². The summed E-state index contributed by atoms with van der Waals surface area (Å²) < 4.78 is 16.7. The number of carbonyl (C=O) groups excluding carboxylic acids is 3. The van der Waals surface area contributed by atoms with Crippen LogP contribution < -0.4 is 16.4 Å². The zero-order valence-electron chi connectivity index (χ0n) is 25.4. The van der Waals surface area contributed by atoms with Crippen molar-refractivity contribution in [1.29, 1.82) is 0 Å². The fourth-order valence-corrected chi connectivity index (χ4v) is 5.02. The largest absolute Gasteiger partial charge is 0.439 e. The van der Waals surface area contributed by atoms with Gasteiger partial charge in [0.15, 0.2) is 6.10 Å². The summed E-state index contributed by atoms with van der Waals surface area (Å²) in [5, 5.41) is 17.3. The van der Waals surface area contributed by atoms with E-state index in [-0.39, 0.29) is 35.3 Å². The van der Waals surface area contributed by atoms with E-state index >= 15 is 0 Å². The molecule has 6 atom stereocenters. The van der Waals surface area contributed by atoms with Gasteiger partial charge in [0.1, 0.15) is 6.10 Å². The molecule has 10 nitrogen and oxygen atoms in total. The van der Waals surface area contributed by atoms with E-state index in [4.69, 9.17) is 19.9 Å². The molecule has 5 N–H and O–H groups in total. The van der Waals surface area contributed by atoms with Crippen LogP contribution in [0.25, 0.3) is 0 Å². The highest BCUT2D eigenvalue weighted by Crippen LogP contribution is 2.29. The lowest BCUT2D eigenvalue weighted by atomic mass is 9.85. The van der Waals surface area contributed by atoms with Crippen molar-refractivity contribution in [3.8, 4) is 0 Å². The second kappa shape index (κ2) is 16.1. The molecule has 1 amide bonds. The number of methoxy groups -OCH3 is 2. The summed E-state index contributed by atoms with van der Waals surface area (Å²) in [6, 6.07) is 0. The summed E-state index contributed by atoms with van der Waals surface area (Å²) in [4.78, 5) is 38.5. The number of hydrogen-bond acceptors (Lipinski definition) is 9. The molecule has 2 bridgehead atoms. The molecule has 2 rings (SSSR count). The number of Topliss-reactive ketones (excluding diaryl/α,β-unsaturated/α-hetero) is 1. The number of ether oxygens (including phenoxy) is 3. The first-order chi connectivity index (χ1) is 19.8. The van der Waals surface area contributed by atoms with Gasteiger partial charge in [0, 0.05) is 44.0 Å². The topological polar surface area (TPSA) is 149 Å². The smallest absolute Gasteiger partial charge is 0.405 e. The van der Waals surface area contributed by atoms with Crippen LogP contribution >= 0.6 is 0 Å². The molecule has 42 heavy (non-hydrogen) atoms. The van der Waals surface area contributed by atoms with E-state index in [1.807, 2.05) is 13.8 Å². The Hall–Kier alpha value is -3.73. The fraction of sp³-hybridized carbons (Fsp3) is 0.469. The maximum Gasteiger partial charge on any atom is 0.405 e. The van der Waals surface area contributed by atoms with Gasteiger partial charge in [-0.1, -0.05) is 50.8 Å². The average Bonchev–Trinajstić information content (AvgIpc) is 2.94. The van der Waals surface area contributed by atoms with E-state index in [1.54, 1.807) is 44.2 Å². The Morgan fingerprint density at radius 2 is 1.93 bits per heavy atom. The van der Waals surface area contributed by atoms with Crippen molar-refractivity contribution in [3.05, 3.63) is 83.4 Å². The number of amides is 1. The molecule has 0 saturated carbocycles. The molecule has 1 heterocycles. The van der Waals surface area contributed by atoms with Crippen LogP contribution in [0.15, 0.2) is 83.4 Å². The first-order valence-electron chi connectivity index (χ1n) is 13.9. The van der Waals surface area contributed by atoms with E-state index in [9.17, 15) is 19.5 Å². The highest BCUT2D eigenvalue weighted by molar-refractivity contribution is 6.22. The number of ketones is 2. The quantitative estimate of drug-likeness (QED) is 0.272. The molecule has 0 aromatic rings. The number of aliphatic hydroxyl groups is 1. The molecular formula is C32H45N3O7. The van der Waals surface area contributed by atoms with Gasteiger partial charge in [-0.25, -0.2) is 4.79 Å². The summed E-state index contributed by atoms with van der Waals surface area (Å²) in [6.07, 6.45) is 6.48. The van der Waals surface area contributed by atoms with E-state index < -0.39 is 36.4 Å². The first kappa shape index (κ1) is 34.5. The van der Waals surface area contributed by atoms with Crippen molar-refractivity contribution >= 4 is 17.7 Å². The van der Waals surface area contributed by atoms with Crippen molar-refractivity contribution < 1.29 is 33.7 Å². The molecule has 1 unspecified atom stereocenters. The number of hydrogen-bond donors (Lipinski definition) is 4. The van der Waals surface area contributed by atoms with Crippen LogP contribution in [0.4, 0.5) is 4.79 Å². The van der Waals surface area contributed by atoms with Gasteiger partial charge in [0.2, 0.25) is 11.6 Å². The third-order valence-electron chi connectivity index (χ3n) is 7.37. The minimum atomic E-state index is -0.961. The molecule has 10 heteroatoms. The van der Waals surface area contributed by atoms with Crippen LogP contribution in [0.2, 0.25) is 0 Å². The van der Waals surface area contributed by atoms with Crippen LogP contribution in [0, 0.1) is 11.8 Å². The number of fused-ring (bicyclic) bond motifs is 2. The monoisotopic (exact) mass is 583 g/mol. The van der Waals surface area contributed by atoms with Crippen LogP contribution in [0.3, 0.4) is 0 Å². The minimum absolute atomic E-state index is 0.118. The first-order valence-corrected chi connectivity index (χ1v) is 13.9. The number of aliphatic hydroxyl groups excluding tert-OH is 1. The summed E-state index contributed by atoms with van der Waals surface area (Å²) >= 11 is 0. The van der Waals surface area contributed by atoms with E-state index in [0.29, 0.717) is 35.4 Å². The lowest BCUT2D eigenvalue weighted by Gasteiger charge is -2.30. The second-order valence-corrected chi connectivity index (χ2v) is 10.8. The third-order valence-corrected chi connectivity index (χ3v) is 7.37. The van der Waals surface area contributed by atoms with Crippen molar-refractivity contribution in [1.82, 2.24) is 10.6 Å². The van der Waals surface area contributed by atoms with Crippen molar-refractivity contribution in [2.24, 2.45) is 17.6 Å². The van der Waals surface area contributed by atoms with Crippen molar-refractivity contribution in [2.75, 3.05) is 20.8 Å². The predicted octanol–water partition coefficient (Wildman–Crippen LogP) is 3.52. The Labute approximate surface area is 248 Å². The van der Waals surface area contributed by atoms with Gasteiger partial charge in [0.25, 0.3) is 0 Å². The number of primary amides is 1. The number of nitrogens with two attached hydrogens (primary N) is 1. The van der Waals surface area contributed by atoms with Gasteiger partial charge in [-0.15, -0.1) is 6.58 Å². The fourth-order valence-electron chi connectivity index (χ4n) is 5.02. The molecule has 1 aliphatic heterocycles. The summed E-state index contributed by atoms with van der Waals surface area (Å²) in [5.74, 6) is -1.20. The van der Waals surface area contributed by atoms with Gasteiger partial charge in [-0.2, -0.15) is 0 Å². The zero-order chi connectivity index (χ0) is 31.6. The van der Waals surface area contributed by atoms with Gasteiger partial charge in [-0.05, 0) is 43.8 Å². The summed E-state index contributed by atoms with van der Waals surface area (Å²) in [7, 11) is 3.00. The Balaban J connectivity index is 2.62. The normalized spacial score (nSPS) is 31.6. The lowest BCUT2D eigenvalue weighted by Crippen LogP contribution is -2.37. The number of rotatable bonds is 6. The molecule has 0 aromatic heterocycles. The van der Waals surface area contributed by atoms with Gasteiger partial charge in [-0.3, -0.25) is 9.59 Å². The van der Waals surface area contributed by atoms with Crippen molar-refractivity contribution in [3.63, 3.8) is 0 Å². The third kappa shape index (κ3) is 9.14. The molecular weight excluding hydrogens is 538 g/mol. The van der Waals surface area contributed by atoms with Gasteiger partial charge < -0.3 is 35.7 Å². The number of carbonyl (C=O) groups is 3. The molecule has 0 spiro atoms. The van der Waals surface area contributed by atoms with E-state index in [2.05, 4.69) is 23.8 Å². The maximum atomic E-state index is 13.7. The lowest BCUT2D eigenvalue weighted by molar-refractivity contribution is -0.116. The number of nitrogens with one attached hydrogen (secondary N) is 2. The Kier molecular flexibility index (Phi) is 13.2. The number of allylic oxidation sites excluding steroid dienone is 5.